The maximum absolute atomic E-state index is 13.0. The molecule has 1 saturated heterocycles. The fraction of sp³-hybridized carbons (Fsp3) is 0.632. The highest BCUT2D eigenvalue weighted by atomic mass is 32.2. The molecule has 0 aromatic carbocycles. The second-order valence-corrected chi connectivity index (χ2v) is 8.84. The van der Waals surface area contributed by atoms with Crippen LogP contribution in [0.25, 0.3) is 0 Å². The van der Waals surface area contributed by atoms with Crippen molar-refractivity contribution in [1.82, 2.24) is 4.90 Å². The maximum Gasteiger partial charge on any atom is 0.315 e. The fourth-order valence-corrected chi connectivity index (χ4v) is 4.75. The van der Waals surface area contributed by atoms with Crippen molar-refractivity contribution >= 4 is 27.1 Å². The lowest BCUT2D eigenvalue weighted by molar-refractivity contribution is -0.161. The number of nitrogens with zero attached hydrogens (tertiary/aromatic N) is 1. The van der Waals surface area contributed by atoms with E-state index in [1.807, 2.05) is 4.90 Å². The predicted molar refractivity (Wildman–Crippen MR) is 102 cm³/mol. The summed E-state index contributed by atoms with van der Waals surface area (Å²) in [5.41, 5.74) is -2.13. The summed E-state index contributed by atoms with van der Waals surface area (Å²) in [4.78, 5) is 26.4. The summed E-state index contributed by atoms with van der Waals surface area (Å²) in [7, 11) is -2.80. The molecule has 0 aromatic rings. The molecule has 0 bridgehead atoms. The number of aliphatic carboxylic acids is 1. The van der Waals surface area contributed by atoms with Gasteiger partial charge in [0, 0.05) is 0 Å². The molecule has 0 saturated carbocycles. The zero-order valence-corrected chi connectivity index (χ0v) is 17.0. The molecular weight excluding hydrogens is 370 g/mol. The number of esters is 1. The van der Waals surface area contributed by atoms with Gasteiger partial charge in [-0.2, -0.15) is 8.42 Å². The van der Waals surface area contributed by atoms with Crippen LogP contribution < -0.4 is 0 Å². The third-order valence-corrected chi connectivity index (χ3v) is 5.91. The number of hydrogen-bond acceptors (Lipinski definition) is 6. The third-order valence-electron chi connectivity index (χ3n) is 4.87. The molecule has 8 heteroatoms. The first-order valence-corrected chi connectivity index (χ1v) is 10.1. The van der Waals surface area contributed by atoms with Crippen LogP contribution in [0.2, 0.25) is 0 Å². The van der Waals surface area contributed by atoms with Crippen molar-refractivity contribution < 1.29 is 27.9 Å². The van der Waals surface area contributed by atoms with Crippen LogP contribution in [0.1, 0.15) is 40.5 Å². The van der Waals surface area contributed by atoms with Crippen LogP contribution in [-0.2, 0) is 24.6 Å². The highest BCUT2D eigenvalue weighted by Crippen LogP contribution is 2.38. The first kappa shape index (κ1) is 21.4. The molecule has 1 heterocycles. The lowest BCUT2D eigenvalue weighted by Gasteiger charge is -2.45. The molecule has 2 aliphatic rings. The van der Waals surface area contributed by atoms with Crippen LogP contribution in [0.15, 0.2) is 24.3 Å². The van der Waals surface area contributed by atoms with E-state index >= 15 is 0 Å². The Kier molecular flexibility index (Phi) is 6.32. The SMILES string of the molecule is C[C@@H](C(=O)O)C(=S(=O)=O)C1(N2CCCC2)C=CC=CC1C(=O)OC(C)(C)C. The molecule has 0 aromatic heterocycles. The van der Waals surface area contributed by atoms with Gasteiger partial charge in [0.2, 0.25) is 10.3 Å². The van der Waals surface area contributed by atoms with E-state index in [0.29, 0.717) is 13.1 Å². The molecule has 0 radical (unpaired) electrons. The standard InChI is InChI=1S/C19H27NO6S/c1-13(16(21)22)15(27(24)25)19(20-11-7-8-12-20)10-6-5-9-14(19)17(23)26-18(2,3)4/h5-6,9-10,13-14H,7-8,11-12H2,1-4H3,(H,21,22)/t13-,14?,19?/m1/s1. The Morgan fingerprint density at radius 1 is 1.22 bits per heavy atom. The van der Waals surface area contributed by atoms with E-state index in [0.717, 1.165) is 12.8 Å². The number of carboxylic acid groups (broad SMARTS) is 1. The lowest BCUT2D eigenvalue weighted by atomic mass is 9.73. The van der Waals surface area contributed by atoms with Gasteiger partial charge >= 0.3 is 11.9 Å². The Balaban J connectivity index is 2.69. The van der Waals surface area contributed by atoms with Crippen LogP contribution >= 0.6 is 0 Å². The van der Waals surface area contributed by atoms with Crippen molar-refractivity contribution in [3.63, 3.8) is 0 Å². The molecule has 2 unspecified atom stereocenters. The van der Waals surface area contributed by atoms with Crippen molar-refractivity contribution in [1.29, 1.82) is 0 Å². The minimum atomic E-state index is -2.80. The number of carboxylic acids is 1. The van der Waals surface area contributed by atoms with Crippen molar-refractivity contribution in [3.8, 4) is 0 Å². The van der Waals surface area contributed by atoms with Gasteiger partial charge in [-0.3, -0.25) is 14.5 Å². The highest BCUT2D eigenvalue weighted by Gasteiger charge is 2.54. The third kappa shape index (κ3) is 4.32. The summed E-state index contributed by atoms with van der Waals surface area (Å²) < 4.78 is 30.0. The second kappa shape index (κ2) is 7.98. The van der Waals surface area contributed by atoms with Crippen LogP contribution in [-0.4, -0.2) is 59.5 Å². The summed E-state index contributed by atoms with van der Waals surface area (Å²) in [6, 6.07) is 0. The Morgan fingerprint density at radius 2 is 1.81 bits per heavy atom. The smallest absolute Gasteiger partial charge is 0.315 e. The molecule has 0 spiro atoms. The van der Waals surface area contributed by atoms with Gasteiger partial charge < -0.3 is 9.84 Å². The van der Waals surface area contributed by atoms with Crippen LogP contribution in [0.4, 0.5) is 0 Å². The molecule has 150 valence electrons. The van der Waals surface area contributed by atoms with E-state index in [2.05, 4.69) is 0 Å². The molecule has 0 amide bonds. The summed E-state index contributed by atoms with van der Waals surface area (Å²) in [6.07, 6.45) is 8.27. The Morgan fingerprint density at radius 3 is 2.30 bits per heavy atom. The highest BCUT2D eigenvalue weighted by molar-refractivity contribution is 7.73. The van der Waals surface area contributed by atoms with Gasteiger partial charge in [-0.25, -0.2) is 0 Å². The molecule has 27 heavy (non-hydrogen) atoms. The molecule has 1 N–H and O–H groups in total. The minimum absolute atomic E-state index is 0.214. The predicted octanol–water partition coefficient (Wildman–Crippen LogP) is 1.68. The maximum atomic E-state index is 13.0. The molecule has 1 aliphatic heterocycles. The first-order chi connectivity index (χ1) is 12.5. The Labute approximate surface area is 161 Å². The van der Waals surface area contributed by atoms with E-state index in [9.17, 15) is 23.1 Å². The van der Waals surface area contributed by atoms with Gasteiger partial charge in [0.25, 0.3) is 0 Å². The van der Waals surface area contributed by atoms with E-state index in [1.54, 1.807) is 45.1 Å². The summed E-state index contributed by atoms with van der Waals surface area (Å²) >= 11 is 0. The molecule has 3 atom stereocenters. The van der Waals surface area contributed by atoms with Crippen molar-refractivity contribution in [3.05, 3.63) is 24.3 Å². The van der Waals surface area contributed by atoms with Crippen LogP contribution in [0.5, 0.6) is 0 Å². The lowest BCUT2D eigenvalue weighted by Crippen LogP contribution is -2.62. The second-order valence-electron chi connectivity index (χ2n) is 7.93. The Bertz CT molecular complexity index is 791. The number of allylic oxidation sites excluding steroid dienone is 2. The van der Waals surface area contributed by atoms with E-state index in [-0.39, 0.29) is 4.86 Å². The van der Waals surface area contributed by atoms with Gasteiger partial charge in [-0.05, 0) is 53.6 Å². The zero-order valence-electron chi connectivity index (χ0n) is 16.1. The summed E-state index contributed by atoms with van der Waals surface area (Å²) in [6.45, 7) is 7.70. The van der Waals surface area contributed by atoms with Crippen LogP contribution in [0, 0.1) is 11.8 Å². The van der Waals surface area contributed by atoms with E-state index in [1.165, 1.54) is 6.92 Å². The Hall–Kier alpha value is -1.93. The monoisotopic (exact) mass is 397 g/mol. The van der Waals surface area contributed by atoms with Crippen molar-refractivity contribution in [2.24, 2.45) is 11.8 Å². The molecule has 1 fully saturated rings. The van der Waals surface area contributed by atoms with Crippen molar-refractivity contribution in [2.75, 3.05) is 13.1 Å². The van der Waals surface area contributed by atoms with Gasteiger partial charge in [-0.1, -0.05) is 24.3 Å². The average Bonchev–Trinajstić information content (AvgIpc) is 3.08. The van der Waals surface area contributed by atoms with Gasteiger partial charge in [0.1, 0.15) is 11.5 Å². The quantitative estimate of drug-likeness (QED) is 0.556. The van der Waals surface area contributed by atoms with Gasteiger partial charge in [-0.15, -0.1) is 0 Å². The van der Waals surface area contributed by atoms with E-state index < -0.39 is 45.2 Å². The molecule has 2 rings (SSSR count). The number of carbonyl (C=O) groups is 2. The van der Waals surface area contributed by atoms with Gasteiger partial charge in [0.05, 0.1) is 16.3 Å². The topological polar surface area (TPSA) is 101 Å². The largest absolute Gasteiger partial charge is 0.481 e. The van der Waals surface area contributed by atoms with Crippen molar-refractivity contribution in [2.45, 2.75) is 51.7 Å². The average molecular weight is 397 g/mol. The normalized spacial score (nSPS) is 26.6. The number of hydrogen-bond donors (Lipinski definition) is 1. The zero-order chi connectivity index (χ0) is 20.4. The summed E-state index contributed by atoms with van der Waals surface area (Å²) in [5.74, 6) is -4.05. The minimum Gasteiger partial charge on any atom is -0.481 e. The summed E-state index contributed by atoms with van der Waals surface area (Å²) in [5, 5.41) is 9.53. The first-order valence-electron chi connectivity index (χ1n) is 9.04. The molecule has 7 nitrogen and oxygen atoms in total. The van der Waals surface area contributed by atoms with Crippen LogP contribution in [0.3, 0.4) is 0 Å². The number of carbonyl (C=O) groups excluding carboxylic acids is 1. The fourth-order valence-electron chi connectivity index (χ4n) is 3.77. The number of likely N-dealkylation sites (tertiary alicyclic amines) is 1. The molecule has 1 aliphatic carbocycles. The van der Waals surface area contributed by atoms with E-state index in [4.69, 9.17) is 4.74 Å². The van der Waals surface area contributed by atoms with Gasteiger partial charge in [0.15, 0.2) is 0 Å². The number of ether oxygens (including phenoxy) is 1. The molecular formula is C19H27NO6S. The number of rotatable bonds is 5.